The molecule has 13 heteroatoms. The number of hydrogen-bond donors (Lipinski definition) is 6. The third-order valence-electron chi connectivity index (χ3n) is 11.8. The second-order valence-electron chi connectivity index (χ2n) is 15.0. The smallest absolute Gasteiger partial charge is 0.212 e. The Bertz CT molecular complexity index is 2650. The van der Waals surface area contributed by atoms with Gasteiger partial charge in [-0.2, -0.15) is 0 Å². The quantitative estimate of drug-likeness (QED) is 0.137. The molecule has 1 spiro atoms. The van der Waals surface area contributed by atoms with Crippen LogP contribution in [0.5, 0.6) is 34.5 Å². The Morgan fingerprint density at radius 2 is 1.28 bits per heavy atom. The topological polar surface area (TPSA) is 201 Å². The van der Waals surface area contributed by atoms with Crippen LogP contribution in [0.25, 0.3) is 28.1 Å². The lowest BCUT2D eigenvalue weighted by Crippen LogP contribution is -2.65. The second kappa shape index (κ2) is 10.8. The van der Waals surface area contributed by atoms with E-state index in [1.807, 2.05) is 54.6 Å². The Labute approximate surface area is 306 Å². The van der Waals surface area contributed by atoms with Gasteiger partial charge in [0, 0.05) is 60.1 Å². The number of aromatic nitrogens is 4. The second-order valence-corrected chi connectivity index (χ2v) is 15.0. The van der Waals surface area contributed by atoms with Gasteiger partial charge in [-0.15, -0.1) is 0 Å². The van der Waals surface area contributed by atoms with Gasteiger partial charge in [-0.3, -0.25) is 0 Å². The van der Waals surface area contributed by atoms with Crippen molar-refractivity contribution in [1.82, 2.24) is 19.9 Å². The average molecular weight is 725 g/mol. The first-order valence-electron chi connectivity index (χ1n) is 17.8. The van der Waals surface area contributed by atoms with Crippen molar-refractivity contribution in [2.75, 3.05) is 0 Å². The molecule has 0 amide bonds. The summed E-state index contributed by atoms with van der Waals surface area (Å²) in [6, 6.07) is 20.2. The average Bonchev–Trinajstić information content (AvgIpc) is 3.27. The Kier molecular flexibility index (Phi) is 6.29. The number of para-hydroxylation sites is 4. The number of aromatic hydroxyl groups is 4. The molecule has 1 fully saturated rings. The maximum absolute atomic E-state index is 12.8. The van der Waals surface area contributed by atoms with E-state index in [1.165, 1.54) is 24.3 Å². The number of hydrogen-bond acceptors (Lipinski definition) is 13. The minimum absolute atomic E-state index is 0.0295. The van der Waals surface area contributed by atoms with Crippen LogP contribution in [0.3, 0.4) is 0 Å². The van der Waals surface area contributed by atoms with E-state index >= 15 is 0 Å². The molecule has 0 saturated carbocycles. The highest BCUT2D eigenvalue weighted by molar-refractivity contribution is 5.78. The Balaban J connectivity index is 1.20. The zero-order valence-corrected chi connectivity index (χ0v) is 28.4. The predicted molar refractivity (Wildman–Crippen MR) is 191 cm³/mol. The van der Waals surface area contributed by atoms with Crippen molar-refractivity contribution in [3.8, 4) is 34.5 Å². The van der Waals surface area contributed by atoms with Gasteiger partial charge in [-0.05, 0) is 42.3 Å². The Morgan fingerprint density at radius 3 is 1.96 bits per heavy atom. The van der Waals surface area contributed by atoms with Gasteiger partial charge in [0.2, 0.25) is 5.79 Å². The minimum atomic E-state index is -1.96. The van der Waals surface area contributed by atoms with Crippen molar-refractivity contribution in [3.05, 3.63) is 112 Å². The molecule has 6 aromatic rings. The summed E-state index contributed by atoms with van der Waals surface area (Å²) < 4.78 is 20.0. The normalized spacial score (nSPS) is 28.9. The number of nitrogens with zero attached hydrogens (tertiary/aromatic N) is 4. The van der Waals surface area contributed by atoms with Crippen LogP contribution in [0.4, 0.5) is 0 Å². The SMILES string of the molecule is Oc1cc(O)c2c(c1)O[C@H](C1=Cc3nc4ccccc4nc3C3c4nc5ccccc5nc4[C@]4(O)C[C@@]3(C1)[C@H]1Oc3cc(O)cc(O)c3C[C@H]1O4)[C@H](O)C2. The first-order chi connectivity index (χ1) is 26.1. The third-order valence-corrected chi connectivity index (χ3v) is 11.8. The van der Waals surface area contributed by atoms with Crippen LogP contribution in [-0.2, 0) is 23.4 Å². The molecular formula is C41H32N4O9. The number of rotatable bonds is 1. The van der Waals surface area contributed by atoms with Crippen molar-refractivity contribution in [2.45, 2.75) is 61.8 Å². The van der Waals surface area contributed by atoms with Crippen molar-refractivity contribution in [1.29, 1.82) is 0 Å². The lowest BCUT2D eigenvalue weighted by Gasteiger charge is -2.59. The van der Waals surface area contributed by atoms with Crippen LogP contribution in [0.15, 0.2) is 78.4 Å². The summed E-state index contributed by atoms with van der Waals surface area (Å²) in [5.41, 5.74) is 4.50. The van der Waals surface area contributed by atoms with Crippen LogP contribution in [0, 0.1) is 5.41 Å². The van der Waals surface area contributed by atoms with Gasteiger partial charge in [0.15, 0.2) is 0 Å². The van der Waals surface area contributed by atoms with Crippen LogP contribution < -0.4 is 9.47 Å². The molecule has 1 unspecified atom stereocenters. The molecule has 4 aromatic carbocycles. The van der Waals surface area contributed by atoms with Gasteiger partial charge >= 0.3 is 0 Å². The number of aliphatic hydroxyl groups excluding tert-OH is 1. The summed E-state index contributed by atoms with van der Waals surface area (Å²) >= 11 is 0. The maximum atomic E-state index is 12.8. The van der Waals surface area contributed by atoms with Crippen LogP contribution >= 0.6 is 0 Å². The van der Waals surface area contributed by atoms with Crippen molar-refractivity contribution >= 4 is 28.1 Å². The maximum Gasteiger partial charge on any atom is 0.212 e. The first-order valence-corrected chi connectivity index (χ1v) is 17.8. The fourth-order valence-electron chi connectivity index (χ4n) is 9.64. The van der Waals surface area contributed by atoms with E-state index < -0.39 is 41.5 Å². The fourth-order valence-corrected chi connectivity index (χ4v) is 9.64. The van der Waals surface area contributed by atoms with Crippen LogP contribution in [0.2, 0.25) is 0 Å². The summed E-state index contributed by atoms with van der Waals surface area (Å²) in [6.07, 6.45) is -1.56. The van der Waals surface area contributed by atoms with Gasteiger partial charge < -0.3 is 44.8 Å². The number of benzene rings is 4. The molecule has 2 aliphatic carbocycles. The number of phenols is 4. The molecule has 11 rings (SSSR count). The molecule has 6 N–H and O–H groups in total. The zero-order chi connectivity index (χ0) is 36.7. The highest BCUT2D eigenvalue weighted by Gasteiger charge is 2.68. The minimum Gasteiger partial charge on any atom is -0.508 e. The molecule has 2 aromatic heterocycles. The molecule has 5 aliphatic rings. The van der Waals surface area contributed by atoms with Crippen molar-refractivity contribution in [3.63, 3.8) is 0 Å². The monoisotopic (exact) mass is 724 g/mol. The molecule has 13 nitrogen and oxygen atoms in total. The largest absolute Gasteiger partial charge is 0.508 e. The predicted octanol–water partition coefficient (Wildman–Crippen LogP) is 4.62. The summed E-state index contributed by atoms with van der Waals surface area (Å²) in [4.78, 5) is 20.6. The zero-order valence-electron chi connectivity index (χ0n) is 28.4. The van der Waals surface area contributed by atoms with Gasteiger partial charge in [-0.1, -0.05) is 24.3 Å². The summed E-state index contributed by atoms with van der Waals surface area (Å²) in [5, 5.41) is 67.1. The standard InChI is InChI=1S/C41H32N4O9/c46-19-10-28(48)21-14-30(50)37(52-31(21)12-19)18-9-27-35(43-24-6-2-1-5-23(24)42-27)34-36-38(45-26-8-4-3-7-25(26)44-36)41(51)17-40(34,16-18)39-33(54-41)15-22-29(49)11-20(47)13-32(22)53-39/h1-13,30,33-34,37,39,46-51H,14-17H2/t30-,33-,34?,37-,39+,40-,41+/m1/s1. The molecule has 5 heterocycles. The molecule has 3 aliphatic heterocycles. The van der Waals surface area contributed by atoms with Crippen LogP contribution in [-0.4, -0.2) is 75.0 Å². The summed E-state index contributed by atoms with van der Waals surface area (Å²) in [7, 11) is 0. The molecular weight excluding hydrogens is 692 g/mol. The molecule has 270 valence electrons. The third kappa shape index (κ3) is 4.37. The van der Waals surface area contributed by atoms with Gasteiger partial charge in [-0.25, -0.2) is 19.9 Å². The van der Waals surface area contributed by atoms with E-state index in [-0.39, 0.29) is 65.9 Å². The van der Waals surface area contributed by atoms with E-state index in [9.17, 15) is 30.6 Å². The van der Waals surface area contributed by atoms with Gasteiger partial charge in [0.05, 0.1) is 51.2 Å². The van der Waals surface area contributed by atoms with E-state index in [0.717, 1.165) is 0 Å². The number of aliphatic hydroxyl groups is 2. The molecule has 54 heavy (non-hydrogen) atoms. The highest BCUT2D eigenvalue weighted by Crippen LogP contribution is 2.66. The number of fused-ring (bicyclic) bond motifs is 11. The summed E-state index contributed by atoms with van der Waals surface area (Å²) in [5.74, 6) is -2.87. The van der Waals surface area contributed by atoms with E-state index in [0.29, 0.717) is 55.8 Å². The molecule has 1 saturated heterocycles. The highest BCUT2D eigenvalue weighted by atomic mass is 16.6. The van der Waals surface area contributed by atoms with Crippen molar-refractivity contribution in [2.24, 2.45) is 5.41 Å². The lowest BCUT2D eigenvalue weighted by molar-refractivity contribution is -0.329. The fraction of sp³-hybridized carbons (Fsp3) is 0.268. The van der Waals surface area contributed by atoms with Crippen molar-refractivity contribution < 1.29 is 44.8 Å². The van der Waals surface area contributed by atoms with E-state index in [4.69, 9.17) is 34.1 Å². The molecule has 7 atom stereocenters. The van der Waals surface area contributed by atoms with Gasteiger partial charge in [0.25, 0.3) is 0 Å². The van der Waals surface area contributed by atoms with E-state index in [1.54, 1.807) is 0 Å². The molecule has 0 radical (unpaired) electrons. The number of ether oxygens (including phenoxy) is 3. The first kappa shape index (κ1) is 31.5. The Hall–Kier alpha value is -6.02. The number of phenolic OH excluding ortho intramolecular Hbond substituents is 4. The van der Waals surface area contributed by atoms with Crippen LogP contribution in [0.1, 0.15) is 52.7 Å². The lowest BCUT2D eigenvalue weighted by atomic mass is 9.55. The Morgan fingerprint density at radius 1 is 0.685 bits per heavy atom. The van der Waals surface area contributed by atoms with E-state index in [2.05, 4.69) is 0 Å². The summed E-state index contributed by atoms with van der Waals surface area (Å²) in [6.45, 7) is 0. The molecule has 2 bridgehead atoms. The van der Waals surface area contributed by atoms with Gasteiger partial charge in [0.1, 0.15) is 58.5 Å².